The van der Waals surface area contributed by atoms with E-state index in [0.717, 1.165) is 17.7 Å². The van der Waals surface area contributed by atoms with E-state index in [0.29, 0.717) is 5.69 Å². The van der Waals surface area contributed by atoms with Crippen LogP contribution in [0.15, 0.2) is 47.8 Å². The number of hydrogen-bond donors (Lipinski definition) is 0. The molecule has 0 unspecified atom stereocenters. The lowest BCUT2D eigenvalue weighted by atomic mass is 10.0. The molecular weight excluding hydrogens is 242 g/mol. The second-order valence-corrected chi connectivity index (χ2v) is 5.04. The average Bonchev–Trinajstić information content (AvgIpc) is 2.87. The highest BCUT2D eigenvalue weighted by Crippen LogP contribution is 2.22. The van der Waals surface area contributed by atoms with Crippen LogP contribution >= 0.6 is 11.3 Å². The molecule has 3 rings (SSSR count). The fourth-order valence-electron chi connectivity index (χ4n) is 2.07. The predicted molar refractivity (Wildman–Crippen MR) is 74.3 cm³/mol. The van der Waals surface area contributed by atoms with Gasteiger partial charge in [0.2, 0.25) is 0 Å². The maximum Gasteiger partial charge on any atom is 0.169 e. The number of hydrogen-bond acceptors (Lipinski definition) is 3. The standard InChI is InChI=1S/C15H11NOS/c17-9-13-10-18-15(16-13)8-12-6-3-5-11-4-1-2-7-14(11)12/h1-7,9-10H,8H2. The van der Waals surface area contributed by atoms with Crippen molar-refractivity contribution >= 4 is 28.4 Å². The van der Waals surface area contributed by atoms with E-state index in [-0.39, 0.29) is 0 Å². The zero-order chi connectivity index (χ0) is 12.4. The zero-order valence-corrected chi connectivity index (χ0v) is 10.5. The summed E-state index contributed by atoms with van der Waals surface area (Å²) in [6.07, 6.45) is 1.57. The van der Waals surface area contributed by atoms with Gasteiger partial charge in [-0.2, -0.15) is 0 Å². The van der Waals surface area contributed by atoms with Crippen LogP contribution in [-0.2, 0) is 6.42 Å². The summed E-state index contributed by atoms with van der Waals surface area (Å²) in [6.45, 7) is 0. The molecule has 3 heteroatoms. The van der Waals surface area contributed by atoms with Gasteiger partial charge >= 0.3 is 0 Å². The van der Waals surface area contributed by atoms with Crippen LogP contribution in [0.3, 0.4) is 0 Å². The molecule has 1 heterocycles. The van der Waals surface area contributed by atoms with Crippen molar-refractivity contribution in [1.29, 1.82) is 0 Å². The van der Waals surface area contributed by atoms with Gasteiger partial charge in [-0.3, -0.25) is 4.79 Å². The van der Waals surface area contributed by atoms with E-state index in [1.165, 1.54) is 27.7 Å². The molecule has 0 N–H and O–H groups in total. The van der Waals surface area contributed by atoms with Gasteiger partial charge in [-0.15, -0.1) is 11.3 Å². The van der Waals surface area contributed by atoms with Gasteiger partial charge in [0.1, 0.15) is 5.69 Å². The first-order valence-electron chi connectivity index (χ1n) is 5.73. The summed E-state index contributed by atoms with van der Waals surface area (Å²) in [5, 5.41) is 5.27. The molecule has 3 aromatic rings. The van der Waals surface area contributed by atoms with E-state index in [2.05, 4.69) is 35.3 Å². The predicted octanol–water partition coefficient (Wildman–Crippen LogP) is 3.70. The summed E-state index contributed by atoms with van der Waals surface area (Å²) in [6, 6.07) is 14.6. The number of benzene rings is 2. The van der Waals surface area contributed by atoms with Crippen molar-refractivity contribution in [3.63, 3.8) is 0 Å². The Bertz CT molecular complexity index is 697. The van der Waals surface area contributed by atoms with Crippen molar-refractivity contribution in [3.05, 3.63) is 64.1 Å². The third-order valence-corrected chi connectivity index (χ3v) is 3.78. The molecule has 1 aromatic heterocycles. The van der Waals surface area contributed by atoms with E-state index in [4.69, 9.17) is 0 Å². The molecule has 2 aromatic carbocycles. The van der Waals surface area contributed by atoms with Gasteiger partial charge in [-0.1, -0.05) is 42.5 Å². The fraction of sp³-hybridized carbons (Fsp3) is 0.0667. The van der Waals surface area contributed by atoms with Crippen LogP contribution in [0.5, 0.6) is 0 Å². The van der Waals surface area contributed by atoms with E-state index >= 15 is 0 Å². The first-order valence-corrected chi connectivity index (χ1v) is 6.61. The monoisotopic (exact) mass is 253 g/mol. The van der Waals surface area contributed by atoms with Gasteiger partial charge in [0.25, 0.3) is 0 Å². The maximum absolute atomic E-state index is 10.6. The second-order valence-electron chi connectivity index (χ2n) is 4.10. The summed E-state index contributed by atoms with van der Waals surface area (Å²) in [5.74, 6) is 0. The smallest absolute Gasteiger partial charge is 0.169 e. The molecule has 0 saturated heterocycles. The lowest BCUT2D eigenvalue weighted by Gasteiger charge is -2.04. The van der Waals surface area contributed by atoms with Gasteiger partial charge in [0.15, 0.2) is 6.29 Å². The molecule has 0 atom stereocenters. The lowest BCUT2D eigenvalue weighted by molar-refractivity contribution is 0.111. The number of nitrogens with zero attached hydrogens (tertiary/aromatic N) is 1. The first kappa shape index (κ1) is 11.1. The van der Waals surface area contributed by atoms with E-state index < -0.39 is 0 Å². The summed E-state index contributed by atoms with van der Waals surface area (Å²) in [4.78, 5) is 14.9. The molecule has 0 fully saturated rings. The molecular formula is C15H11NOS. The van der Waals surface area contributed by atoms with Crippen LogP contribution in [0.2, 0.25) is 0 Å². The van der Waals surface area contributed by atoms with Crippen LogP contribution < -0.4 is 0 Å². The molecule has 0 aliphatic rings. The fourth-order valence-corrected chi connectivity index (χ4v) is 2.83. The number of rotatable bonds is 3. The van der Waals surface area contributed by atoms with E-state index in [1.807, 2.05) is 12.1 Å². The zero-order valence-electron chi connectivity index (χ0n) is 9.67. The first-order chi connectivity index (χ1) is 8.86. The Labute approximate surface area is 109 Å². The Morgan fingerprint density at radius 1 is 1.11 bits per heavy atom. The summed E-state index contributed by atoms with van der Waals surface area (Å²) < 4.78 is 0. The van der Waals surface area contributed by atoms with Gasteiger partial charge in [0.05, 0.1) is 5.01 Å². The third kappa shape index (κ3) is 2.05. The van der Waals surface area contributed by atoms with Crippen LogP contribution in [0, 0.1) is 0 Å². The molecule has 0 bridgehead atoms. The number of aromatic nitrogens is 1. The highest BCUT2D eigenvalue weighted by molar-refractivity contribution is 7.09. The van der Waals surface area contributed by atoms with Crippen LogP contribution in [0.1, 0.15) is 21.1 Å². The van der Waals surface area contributed by atoms with Crippen LogP contribution in [0.25, 0.3) is 10.8 Å². The second kappa shape index (κ2) is 4.70. The number of aldehydes is 1. The Kier molecular flexibility index (Phi) is 2.90. The van der Waals surface area contributed by atoms with Crippen molar-refractivity contribution in [2.75, 3.05) is 0 Å². The number of thiazole rings is 1. The van der Waals surface area contributed by atoms with Crippen molar-refractivity contribution in [2.24, 2.45) is 0 Å². The molecule has 0 radical (unpaired) electrons. The Morgan fingerprint density at radius 3 is 2.78 bits per heavy atom. The summed E-state index contributed by atoms with van der Waals surface area (Å²) >= 11 is 1.54. The molecule has 0 aliphatic heterocycles. The molecule has 88 valence electrons. The summed E-state index contributed by atoms with van der Waals surface area (Å²) in [5.41, 5.74) is 1.77. The molecule has 18 heavy (non-hydrogen) atoms. The average molecular weight is 253 g/mol. The van der Waals surface area contributed by atoms with Gasteiger partial charge in [0, 0.05) is 11.8 Å². The number of carbonyl (C=O) groups is 1. The molecule has 0 spiro atoms. The third-order valence-electron chi connectivity index (χ3n) is 2.91. The van der Waals surface area contributed by atoms with E-state index in [1.54, 1.807) is 5.38 Å². The minimum absolute atomic E-state index is 0.523. The number of carbonyl (C=O) groups excluding carboxylic acids is 1. The van der Waals surface area contributed by atoms with Gasteiger partial charge in [-0.25, -0.2) is 4.98 Å². The maximum atomic E-state index is 10.6. The van der Waals surface area contributed by atoms with Crippen molar-refractivity contribution < 1.29 is 4.79 Å². The molecule has 0 saturated carbocycles. The molecule has 2 nitrogen and oxygen atoms in total. The largest absolute Gasteiger partial charge is 0.296 e. The summed E-state index contributed by atoms with van der Waals surface area (Å²) in [7, 11) is 0. The van der Waals surface area contributed by atoms with Crippen molar-refractivity contribution in [1.82, 2.24) is 4.98 Å². The van der Waals surface area contributed by atoms with Crippen molar-refractivity contribution in [2.45, 2.75) is 6.42 Å². The Morgan fingerprint density at radius 2 is 1.94 bits per heavy atom. The highest BCUT2D eigenvalue weighted by atomic mass is 32.1. The van der Waals surface area contributed by atoms with Gasteiger partial charge in [-0.05, 0) is 16.3 Å². The van der Waals surface area contributed by atoms with Crippen LogP contribution in [-0.4, -0.2) is 11.3 Å². The minimum Gasteiger partial charge on any atom is -0.296 e. The van der Waals surface area contributed by atoms with Crippen LogP contribution in [0.4, 0.5) is 0 Å². The normalized spacial score (nSPS) is 10.7. The molecule has 0 amide bonds. The Hall–Kier alpha value is -2.00. The van der Waals surface area contributed by atoms with Gasteiger partial charge < -0.3 is 0 Å². The highest BCUT2D eigenvalue weighted by Gasteiger charge is 2.05. The Balaban J connectivity index is 2.01. The van der Waals surface area contributed by atoms with Crippen molar-refractivity contribution in [3.8, 4) is 0 Å². The lowest BCUT2D eigenvalue weighted by Crippen LogP contribution is -1.90. The number of fused-ring (bicyclic) bond motifs is 1. The quantitative estimate of drug-likeness (QED) is 0.666. The SMILES string of the molecule is O=Cc1csc(Cc2cccc3ccccc23)n1. The molecule has 0 aliphatic carbocycles. The minimum atomic E-state index is 0.523. The topological polar surface area (TPSA) is 30.0 Å². The van der Waals surface area contributed by atoms with E-state index in [9.17, 15) is 4.79 Å².